The summed E-state index contributed by atoms with van der Waals surface area (Å²) in [5.41, 5.74) is 4.53. The molecule has 5 rings (SSSR count). The number of hydrogen-bond acceptors (Lipinski definition) is 8. The molecule has 0 radical (unpaired) electrons. The van der Waals surface area contributed by atoms with Crippen LogP contribution in [0.5, 0.6) is 5.75 Å². The fourth-order valence-corrected chi connectivity index (χ4v) is 5.82. The van der Waals surface area contributed by atoms with Gasteiger partial charge in [-0.15, -0.1) is 0 Å². The molecule has 0 aromatic heterocycles. The monoisotopic (exact) mass is 595 g/mol. The van der Waals surface area contributed by atoms with Gasteiger partial charge in [-0.2, -0.15) is 0 Å². The van der Waals surface area contributed by atoms with Crippen LogP contribution in [0.1, 0.15) is 55.2 Å². The number of benzene rings is 2. The zero-order valence-electron chi connectivity index (χ0n) is 25.9. The highest BCUT2D eigenvalue weighted by molar-refractivity contribution is 5.77. The van der Waals surface area contributed by atoms with Crippen molar-refractivity contribution < 1.29 is 28.5 Å². The second-order valence-corrected chi connectivity index (χ2v) is 11.9. The van der Waals surface area contributed by atoms with Gasteiger partial charge in [-0.05, 0) is 60.4 Å². The quantitative estimate of drug-likeness (QED) is 0.265. The van der Waals surface area contributed by atoms with E-state index in [9.17, 15) is 4.79 Å². The number of nitrogens with one attached hydrogen (secondary N) is 2. The Hall–Kier alpha value is -2.69. The van der Waals surface area contributed by atoms with E-state index in [0.717, 1.165) is 67.6 Å². The first-order chi connectivity index (χ1) is 21.1. The van der Waals surface area contributed by atoms with Crippen LogP contribution < -0.4 is 20.3 Å². The number of rotatable bonds is 17. The van der Waals surface area contributed by atoms with Gasteiger partial charge in [-0.25, -0.2) is 0 Å². The van der Waals surface area contributed by atoms with E-state index in [4.69, 9.17) is 23.7 Å². The summed E-state index contributed by atoms with van der Waals surface area (Å²) in [5, 5.41) is 6.40. The number of hydrogen-bond donors (Lipinski definition) is 2. The Kier molecular flexibility index (Phi) is 12.1. The van der Waals surface area contributed by atoms with Gasteiger partial charge >= 0.3 is 0 Å². The van der Waals surface area contributed by atoms with E-state index in [-0.39, 0.29) is 30.6 Å². The Balaban J connectivity index is 1.26. The molecule has 1 saturated carbocycles. The maximum absolute atomic E-state index is 12.4. The number of carbonyl (C=O) groups is 1. The van der Waals surface area contributed by atoms with Gasteiger partial charge in [0.05, 0.1) is 37.7 Å². The first-order valence-corrected chi connectivity index (χ1v) is 16.0. The van der Waals surface area contributed by atoms with Crippen LogP contribution in [0.25, 0.3) is 0 Å². The summed E-state index contributed by atoms with van der Waals surface area (Å²) >= 11 is 0. The lowest BCUT2D eigenvalue weighted by Gasteiger charge is -2.39. The Bertz CT molecular complexity index is 1140. The molecule has 236 valence electrons. The summed E-state index contributed by atoms with van der Waals surface area (Å²) in [7, 11) is 1.74. The summed E-state index contributed by atoms with van der Waals surface area (Å²) in [6.45, 7) is 9.26. The number of ether oxygens (including phenoxy) is 5. The molecule has 1 amide bonds. The summed E-state index contributed by atoms with van der Waals surface area (Å²) in [5.74, 6) is 1.56. The standard InChI is InChI=1S/C34H49N3O6/c1-3-13-36-33(38)24-43-32-20-35-19-31(34(32)28-10-7-26(8-11-28)22-40-21-25-5-6-25)42-23-27-9-12-30-29(18-27)37(15-17-41-30)14-4-16-39-2/h7-12,18,25,31-32,34-35H,3-6,13-17,19-24H2,1-2H3,(H,36,38)/t31-,32+,34+/m0/s1. The van der Waals surface area contributed by atoms with E-state index >= 15 is 0 Å². The highest BCUT2D eigenvalue weighted by atomic mass is 16.5. The molecule has 3 aliphatic rings. The van der Waals surface area contributed by atoms with Crippen LogP contribution >= 0.6 is 0 Å². The zero-order valence-corrected chi connectivity index (χ0v) is 25.9. The lowest BCUT2D eigenvalue weighted by molar-refractivity contribution is -0.130. The van der Waals surface area contributed by atoms with Crippen LogP contribution in [-0.4, -0.2) is 84.4 Å². The molecule has 43 heavy (non-hydrogen) atoms. The molecule has 1 saturated heterocycles. The predicted octanol–water partition coefficient (Wildman–Crippen LogP) is 4.03. The summed E-state index contributed by atoms with van der Waals surface area (Å²) < 4.78 is 30.0. The Morgan fingerprint density at radius 2 is 1.84 bits per heavy atom. The van der Waals surface area contributed by atoms with Crippen molar-refractivity contribution in [2.45, 2.75) is 63.9 Å². The van der Waals surface area contributed by atoms with E-state index in [1.807, 2.05) is 6.92 Å². The molecular formula is C34H49N3O6. The van der Waals surface area contributed by atoms with Crippen molar-refractivity contribution in [1.29, 1.82) is 0 Å². The van der Waals surface area contributed by atoms with Crippen LogP contribution in [0.15, 0.2) is 42.5 Å². The number of piperidine rings is 1. The van der Waals surface area contributed by atoms with Gasteiger partial charge in [0.25, 0.3) is 0 Å². The van der Waals surface area contributed by atoms with E-state index in [1.165, 1.54) is 18.4 Å². The van der Waals surface area contributed by atoms with Gasteiger partial charge in [0.15, 0.2) is 0 Å². The second-order valence-electron chi connectivity index (χ2n) is 11.9. The lowest BCUT2D eigenvalue weighted by atomic mass is 9.85. The molecule has 2 N–H and O–H groups in total. The average molecular weight is 596 g/mol. The third kappa shape index (κ3) is 9.40. The zero-order chi connectivity index (χ0) is 29.9. The number of anilines is 1. The van der Waals surface area contributed by atoms with Gasteiger partial charge in [-0.3, -0.25) is 4.79 Å². The Labute approximate surface area is 256 Å². The summed E-state index contributed by atoms with van der Waals surface area (Å²) in [6.07, 6.45) is 4.12. The number of fused-ring (bicyclic) bond motifs is 1. The molecule has 2 heterocycles. The molecule has 0 spiro atoms. The van der Waals surface area contributed by atoms with E-state index in [0.29, 0.717) is 39.5 Å². The minimum atomic E-state index is -0.198. The lowest BCUT2D eigenvalue weighted by Crippen LogP contribution is -2.51. The predicted molar refractivity (Wildman–Crippen MR) is 167 cm³/mol. The average Bonchev–Trinajstić information content (AvgIpc) is 3.87. The van der Waals surface area contributed by atoms with Crippen molar-refractivity contribution in [3.63, 3.8) is 0 Å². The smallest absolute Gasteiger partial charge is 0.246 e. The molecule has 3 atom stereocenters. The highest BCUT2D eigenvalue weighted by Gasteiger charge is 2.36. The normalized spacial score (nSPS) is 21.7. The topological polar surface area (TPSA) is 90.5 Å². The van der Waals surface area contributed by atoms with Crippen molar-refractivity contribution in [1.82, 2.24) is 10.6 Å². The fourth-order valence-electron chi connectivity index (χ4n) is 5.82. The van der Waals surface area contributed by atoms with E-state index in [1.54, 1.807) is 7.11 Å². The van der Waals surface area contributed by atoms with E-state index < -0.39 is 0 Å². The first kappa shape index (κ1) is 31.7. The van der Waals surface area contributed by atoms with Crippen molar-refractivity contribution in [3.8, 4) is 5.75 Å². The molecule has 2 aromatic rings. The molecule has 0 unspecified atom stereocenters. The van der Waals surface area contributed by atoms with Gasteiger partial charge in [0, 0.05) is 52.4 Å². The number of carbonyl (C=O) groups excluding carboxylic acids is 1. The molecule has 2 aliphatic heterocycles. The number of amides is 1. The highest BCUT2D eigenvalue weighted by Crippen LogP contribution is 2.35. The van der Waals surface area contributed by atoms with Gasteiger partial charge in [-0.1, -0.05) is 37.3 Å². The van der Waals surface area contributed by atoms with Crippen LogP contribution in [-0.2, 0) is 37.0 Å². The van der Waals surface area contributed by atoms with Crippen LogP contribution in [0.3, 0.4) is 0 Å². The van der Waals surface area contributed by atoms with Crippen LogP contribution in [0.4, 0.5) is 5.69 Å². The van der Waals surface area contributed by atoms with E-state index in [2.05, 4.69) is 58.0 Å². The third-order valence-electron chi connectivity index (χ3n) is 8.40. The molecular weight excluding hydrogens is 546 g/mol. The summed E-state index contributed by atoms with van der Waals surface area (Å²) in [4.78, 5) is 14.8. The van der Waals surface area contributed by atoms with Crippen molar-refractivity contribution >= 4 is 11.6 Å². The Morgan fingerprint density at radius 3 is 2.60 bits per heavy atom. The molecule has 1 aliphatic carbocycles. The second kappa shape index (κ2) is 16.4. The third-order valence-corrected chi connectivity index (χ3v) is 8.40. The summed E-state index contributed by atoms with van der Waals surface area (Å²) in [6, 6.07) is 15.0. The Morgan fingerprint density at radius 1 is 1.05 bits per heavy atom. The van der Waals surface area contributed by atoms with Crippen molar-refractivity contribution in [3.05, 3.63) is 59.2 Å². The first-order valence-electron chi connectivity index (χ1n) is 16.0. The number of methoxy groups -OCH3 is 1. The van der Waals surface area contributed by atoms with Gasteiger partial charge < -0.3 is 39.2 Å². The molecule has 2 aromatic carbocycles. The molecule has 9 heteroatoms. The maximum Gasteiger partial charge on any atom is 0.246 e. The minimum absolute atomic E-state index is 0.0202. The fraction of sp³-hybridized carbons (Fsp3) is 0.618. The molecule has 9 nitrogen and oxygen atoms in total. The van der Waals surface area contributed by atoms with Gasteiger partial charge in [0.1, 0.15) is 19.0 Å². The maximum atomic E-state index is 12.4. The largest absolute Gasteiger partial charge is 0.490 e. The molecule has 2 fully saturated rings. The van der Waals surface area contributed by atoms with Gasteiger partial charge in [0.2, 0.25) is 5.91 Å². The minimum Gasteiger partial charge on any atom is -0.490 e. The van der Waals surface area contributed by atoms with Crippen LogP contribution in [0, 0.1) is 5.92 Å². The SMILES string of the molecule is CCCNC(=O)CO[C@@H]1CNC[C@H](OCc2ccc3c(c2)N(CCCOC)CCO3)[C@H]1c1ccc(COCC2CC2)cc1. The van der Waals surface area contributed by atoms with Crippen LogP contribution in [0.2, 0.25) is 0 Å². The van der Waals surface area contributed by atoms with Crippen molar-refractivity contribution in [2.24, 2.45) is 5.92 Å². The number of nitrogens with zero attached hydrogens (tertiary/aromatic N) is 1. The van der Waals surface area contributed by atoms with Crippen molar-refractivity contribution in [2.75, 3.05) is 71.2 Å². The molecule has 0 bridgehead atoms.